The molecule has 0 aliphatic heterocycles. The summed E-state index contributed by atoms with van der Waals surface area (Å²) in [7, 11) is 0. The first-order valence-electron chi connectivity index (χ1n) is 12.7. The Bertz CT molecular complexity index is 1350. The van der Waals surface area contributed by atoms with Crippen molar-refractivity contribution in [2.75, 3.05) is 0 Å². The van der Waals surface area contributed by atoms with Gasteiger partial charge in [0.15, 0.2) is 0 Å². The summed E-state index contributed by atoms with van der Waals surface area (Å²) >= 11 is 0. The molecular formula is C26H34N8O6. The second-order valence-corrected chi connectivity index (χ2v) is 9.81. The van der Waals surface area contributed by atoms with Gasteiger partial charge in [0, 0.05) is 41.8 Å². The van der Waals surface area contributed by atoms with E-state index < -0.39 is 60.2 Å². The van der Waals surface area contributed by atoms with E-state index in [1.807, 2.05) is 24.3 Å². The number of H-pyrrole nitrogens is 2. The number of carbonyl (C=O) groups excluding carboxylic acids is 4. The number of aromatic amines is 2. The van der Waals surface area contributed by atoms with E-state index in [1.165, 1.54) is 12.5 Å². The first-order chi connectivity index (χ1) is 19.0. The van der Waals surface area contributed by atoms with Crippen molar-refractivity contribution in [3.63, 3.8) is 0 Å². The number of carboxylic acids is 1. The maximum atomic E-state index is 13.4. The van der Waals surface area contributed by atoms with Gasteiger partial charge >= 0.3 is 5.97 Å². The summed E-state index contributed by atoms with van der Waals surface area (Å²) in [5, 5.41) is 17.8. The number of carboxylic acid groups (broad SMARTS) is 1. The van der Waals surface area contributed by atoms with Gasteiger partial charge in [-0.25, -0.2) is 9.78 Å². The normalized spacial score (nSPS) is 14.2. The highest BCUT2D eigenvalue weighted by molar-refractivity contribution is 5.95. The predicted octanol–water partition coefficient (Wildman–Crippen LogP) is -0.926. The molecule has 2 heterocycles. The van der Waals surface area contributed by atoms with Crippen LogP contribution in [0.2, 0.25) is 0 Å². The number of benzene rings is 1. The van der Waals surface area contributed by atoms with Crippen molar-refractivity contribution in [3.05, 3.63) is 54.2 Å². The zero-order chi connectivity index (χ0) is 29.4. The number of aliphatic carboxylic acids is 1. The Morgan fingerprint density at radius 3 is 2.27 bits per heavy atom. The lowest BCUT2D eigenvalue weighted by atomic mass is 9.99. The second-order valence-electron chi connectivity index (χ2n) is 9.81. The van der Waals surface area contributed by atoms with Crippen molar-refractivity contribution in [2.24, 2.45) is 17.4 Å². The molecule has 3 aromatic rings. The number of para-hydroxylation sites is 1. The molecule has 10 N–H and O–H groups in total. The average Bonchev–Trinajstić information content (AvgIpc) is 3.55. The van der Waals surface area contributed by atoms with Crippen molar-refractivity contribution in [3.8, 4) is 0 Å². The number of aromatic nitrogens is 3. The van der Waals surface area contributed by atoms with Gasteiger partial charge in [-0.2, -0.15) is 0 Å². The fourth-order valence-electron chi connectivity index (χ4n) is 4.19. The van der Waals surface area contributed by atoms with Crippen LogP contribution in [-0.2, 0) is 36.8 Å². The van der Waals surface area contributed by atoms with Gasteiger partial charge in [-0.15, -0.1) is 0 Å². The monoisotopic (exact) mass is 554 g/mol. The largest absolute Gasteiger partial charge is 0.480 e. The Morgan fingerprint density at radius 1 is 0.950 bits per heavy atom. The molecule has 14 nitrogen and oxygen atoms in total. The topological polar surface area (TPSA) is 238 Å². The Morgan fingerprint density at radius 2 is 1.65 bits per heavy atom. The predicted molar refractivity (Wildman–Crippen MR) is 144 cm³/mol. The summed E-state index contributed by atoms with van der Waals surface area (Å²) in [4.78, 5) is 72.3. The number of fused-ring (bicyclic) bond motifs is 1. The molecule has 4 atom stereocenters. The third-order valence-corrected chi connectivity index (χ3v) is 6.33. The minimum Gasteiger partial charge on any atom is -0.480 e. The molecule has 0 spiro atoms. The number of amides is 4. The Kier molecular flexibility index (Phi) is 9.97. The lowest BCUT2D eigenvalue weighted by molar-refractivity contribution is -0.143. The number of primary amides is 1. The summed E-state index contributed by atoms with van der Waals surface area (Å²) in [6, 6.07) is 2.47. The SMILES string of the molecule is CC(C)C(NC(=O)C(N)Cc1cnc[nH]1)C(=O)NC(Cc1c[nH]c2ccccc12)C(=O)NC(CC(N)=O)C(=O)O. The first kappa shape index (κ1) is 29.8. The molecule has 0 aliphatic rings. The van der Waals surface area contributed by atoms with Crippen LogP contribution in [0.4, 0.5) is 0 Å². The van der Waals surface area contributed by atoms with Crippen molar-refractivity contribution in [2.45, 2.75) is 57.3 Å². The molecular weight excluding hydrogens is 520 g/mol. The van der Waals surface area contributed by atoms with Crippen LogP contribution >= 0.6 is 0 Å². The van der Waals surface area contributed by atoms with Crippen molar-refractivity contribution >= 4 is 40.5 Å². The Hall–Kier alpha value is -4.72. The van der Waals surface area contributed by atoms with Crippen molar-refractivity contribution in [1.29, 1.82) is 0 Å². The van der Waals surface area contributed by atoms with Crippen LogP contribution in [-0.4, -0.2) is 73.8 Å². The quantitative estimate of drug-likeness (QED) is 0.124. The maximum absolute atomic E-state index is 13.4. The van der Waals surface area contributed by atoms with Gasteiger partial charge in [0.05, 0.1) is 18.8 Å². The Balaban J connectivity index is 1.81. The lowest BCUT2D eigenvalue weighted by Gasteiger charge is -2.27. The maximum Gasteiger partial charge on any atom is 0.326 e. The molecule has 0 fully saturated rings. The van der Waals surface area contributed by atoms with Crippen LogP contribution in [0.25, 0.3) is 10.9 Å². The smallest absolute Gasteiger partial charge is 0.326 e. The van der Waals surface area contributed by atoms with E-state index in [-0.39, 0.29) is 18.8 Å². The molecule has 14 heteroatoms. The van der Waals surface area contributed by atoms with Gasteiger partial charge < -0.3 is 42.5 Å². The number of nitrogens with zero attached hydrogens (tertiary/aromatic N) is 1. The standard InChI is InChI=1S/C26H34N8O6/c1-13(2)22(34-23(36)17(27)8-15-11-29-12-31-15)25(38)32-19(24(37)33-20(26(39)40)9-21(28)35)7-14-10-30-18-6-4-3-5-16(14)18/h3-6,10-13,17,19-20,22,30H,7-9,27H2,1-2H3,(H2,28,35)(H,29,31)(H,32,38)(H,33,37)(H,34,36)(H,39,40). The first-order valence-corrected chi connectivity index (χ1v) is 12.7. The van der Waals surface area contributed by atoms with E-state index in [0.717, 1.165) is 10.9 Å². The fraction of sp³-hybridized carbons (Fsp3) is 0.385. The highest BCUT2D eigenvalue weighted by Gasteiger charge is 2.32. The summed E-state index contributed by atoms with van der Waals surface area (Å²) in [5.74, 6) is -4.84. The summed E-state index contributed by atoms with van der Waals surface area (Å²) in [6.45, 7) is 3.43. The van der Waals surface area contributed by atoms with E-state index in [4.69, 9.17) is 11.5 Å². The van der Waals surface area contributed by atoms with Gasteiger partial charge in [-0.05, 0) is 17.5 Å². The summed E-state index contributed by atoms with van der Waals surface area (Å²) < 4.78 is 0. The van der Waals surface area contributed by atoms with Gasteiger partial charge in [0.2, 0.25) is 23.6 Å². The van der Waals surface area contributed by atoms with E-state index in [9.17, 15) is 29.1 Å². The zero-order valence-electron chi connectivity index (χ0n) is 22.1. The molecule has 1 aromatic carbocycles. The minimum absolute atomic E-state index is 0.0113. The molecule has 0 aliphatic carbocycles. The minimum atomic E-state index is -1.59. The van der Waals surface area contributed by atoms with E-state index in [0.29, 0.717) is 11.3 Å². The number of hydrogen-bond donors (Lipinski definition) is 8. The van der Waals surface area contributed by atoms with Crippen LogP contribution in [0, 0.1) is 5.92 Å². The number of carbonyl (C=O) groups is 5. The zero-order valence-corrected chi connectivity index (χ0v) is 22.1. The fourth-order valence-corrected chi connectivity index (χ4v) is 4.19. The van der Waals surface area contributed by atoms with Crippen LogP contribution in [0.3, 0.4) is 0 Å². The molecule has 3 rings (SSSR count). The third-order valence-electron chi connectivity index (χ3n) is 6.33. The van der Waals surface area contributed by atoms with Crippen LogP contribution in [0.5, 0.6) is 0 Å². The van der Waals surface area contributed by atoms with Crippen molar-refractivity contribution in [1.82, 2.24) is 30.9 Å². The second kappa shape index (κ2) is 13.4. The van der Waals surface area contributed by atoms with Crippen LogP contribution in [0.15, 0.2) is 43.0 Å². The molecule has 40 heavy (non-hydrogen) atoms. The highest BCUT2D eigenvalue weighted by Crippen LogP contribution is 2.19. The summed E-state index contributed by atoms with van der Waals surface area (Å²) in [5.41, 5.74) is 13.3. The van der Waals surface area contributed by atoms with Gasteiger partial charge in [0.25, 0.3) is 0 Å². The van der Waals surface area contributed by atoms with E-state index in [1.54, 1.807) is 20.0 Å². The third kappa shape index (κ3) is 7.89. The average molecular weight is 555 g/mol. The number of hydrogen-bond acceptors (Lipinski definition) is 7. The number of rotatable bonds is 14. The van der Waals surface area contributed by atoms with Crippen LogP contribution in [0.1, 0.15) is 31.5 Å². The molecule has 0 radical (unpaired) electrons. The van der Waals surface area contributed by atoms with E-state index >= 15 is 0 Å². The van der Waals surface area contributed by atoms with Gasteiger partial charge in [0.1, 0.15) is 18.1 Å². The van der Waals surface area contributed by atoms with Gasteiger partial charge in [-0.1, -0.05) is 32.0 Å². The van der Waals surface area contributed by atoms with Crippen molar-refractivity contribution < 1.29 is 29.1 Å². The number of nitrogens with one attached hydrogen (secondary N) is 5. The number of nitrogens with two attached hydrogens (primary N) is 2. The molecule has 0 saturated carbocycles. The Labute approximate surface area is 229 Å². The highest BCUT2D eigenvalue weighted by atomic mass is 16.4. The molecule has 4 unspecified atom stereocenters. The van der Waals surface area contributed by atoms with Crippen LogP contribution < -0.4 is 27.4 Å². The molecule has 0 bridgehead atoms. The van der Waals surface area contributed by atoms with Gasteiger partial charge in [-0.3, -0.25) is 19.2 Å². The molecule has 214 valence electrons. The van der Waals surface area contributed by atoms with E-state index in [2.05, 4.69) is 30.9 Å². The summed E-state index contributed by atoms with van der Waals surface area (Å²) in [6.07, 6.45) is 4.21. The molecule has 4 amide bonds. The molecule has 0 saturated heterocycles. The number of imidazole rings is 1. The molecule has 2 aromatic heterocycles. The lowest BCUT2D eigenvalue weighted by Crippen LogP contribution is -2.59.